The Morgan fingerprint density at radius 2 is 1.95 bits per heavy atom. The van der Waals surface area contributed by atoms with Crippen molar-refractivity contribution in [1.29, 1.82) is 0 Å². The highest BCUT2D eigenvalue weighted by molar-refractivity contribution is 6.34. The Morgan fingerprint density at radius 3 is 2.62 bits per heavy atom. The van der Waals surface area contributed by atoms with Gasteiger partial charge in [0.25, 0.3) is 0 Å². The van der Waals surface area contributed by atoms with Gasteiger partial charge in [-0.15, -0.1) is 0 Å². The number of nitro groups is 1. The molecule has 21 heavy (non-hydrogen) atoms. The average molecular weight is 310 g/mol. The molecule has 0 atom stereocenters. The number of carbonyl (C=O) groups excluding carboxylic acids is 1. The van der Waals surface area contributed by atoms with Gasteiger partial charge in [-0.25, -0.2) is 4.39 Å². The molecule has 0 amide bonds. The highest BCUT2D eigenvalue weighted by Crippen LogP contribution is 2.29. The summed E-state index contributed by atoms with van der Waals surface area (Å²) in [4.78, 5) is 21.9. The van der Waals surface area contributed by atoms with Crippen LogP contribution < -0.4 is 4.74 Å². The summed E-state index contributed by atoms with van der Waals surface area (Å²) in [6.45, 7) is -0.550. The standard InChI is InChI=1S/C14H9ClFNO4/c15-10-5-2-1-4-9(10)13(18)8-21-14-11(16)6-3-7-12(14)17(19)20/h1-7H,8H2. The van der Waals surface area contributed by atoms with E-state index in [4.69, 9.17) is 16.3 Å². The number of para-hydroxylation sites is 1. The van der Waals surface area contributed by atoms with Crippen LogP contribution in [0.25, 0.3) is 0 Å². The molecule has 0 aliphatic heterocycles. The lowest BCUT2D eigenvalue weighted by Gasteiger charge is -2.07. The summed E-state index contributed by atoms with van der Waals surface area (Å²) in [5, 5.41) is 11.0. The zero-order chi connectivity index (χ0) is 15.4. The van der Waals surface area contributed by atoms with Crippen molar-refractivity contribution in [2.45, 2.75) is 0 Å². The van der Waals surface area contributed by atoms with Gasteiger partial charge in [0.15, 0.2) is 12.4 Å². The van der Waals surface area contributed by atoms with E-state index in [1.807, 2.05) is 0 Å². The van der Waals surface area contributed by atoms with Crippen LogP contribution in [0.2, 0.25) is 5.02 Å². The number of nitrogens with zero attached hydrogens (tertiary/aromatic N) is 1. The number of rotatable bonds is 5. The molecule has 0 bridgehead atoms. The van der Waals surface area contributed by atoms with E-state index in [2.05, 4.69) is 0 Å². The number of nitro benzene ring substituents is 1. The lowest BCUT2D eigenvalue weighted by atomic mass is 10.1. The molecule has 0 radical (unpaired) electrons. The largest absolute Gasteiger partial charge is 0.476 e. The van der Waals surface area contributed by atoms with Gasteiger partial charge in [-0.1, -0.05) is 29.8 Å². The Labute approximate surface area is 124 Å². The fraction of sp³-hybridized carbons (Fsp3) is 0.0714. The zero-order valence-electron chi connectivity index (χ0n) is 10.6. The first kappa shape index (κ1) is 14.9. The minimum Gasteiger partial charge on any atom is -0.476 e. The van der Waals surface area contributed by atoms with Crippen LogP contribution in [0.4, 0.5) is 10.1 Å². The van der Waals surface area contributed by atoms with Crippen molar-refractivity contribution >= 4 is 23.1 Å². The Bertz CT molecular complexity index is 705. The molecule has 0 saturated heterocycles. The maximum atomic E-state index is 13.6. The lowest BCUT2D eigenvalue weighted by Crippen LogP contribution is -2.13. The summed E-state index contributed by atoms with van der Waals surface area (Å²) in [7, 11) is 0. The van der Waals surface area contributed by atoms with Crippen LogP contribution in [-0.4, -0.2) is 17.3 Å². The number of hydrogen-bond acceptors (Lipinski definition) is 4. The highest BCUT2D eigenvalue weighted by Gasteiger charge is 2.21. The van der Waals surface area contributed by atoms with Crippen LogP contribution in [0.15, 0.2) is 42.5 Å². The molecule has 0 saturated carbocycles. The molecule has 2 rings (SSSR count). The van der Waals surface area contributed by atoms with Crippen molar-refractivity contribution < 1.29 is 18.8 Å². The third-order valence-corrected chi connectivity index (χ3v) is 2.99. The van der Waals surface area contributed by atoms with E-state index in [9.17, 15) is 19.3 Å². The molecule has 5 nitrogen and oxygen atoms in total. The topological polar surface area (TPSA) is 69.4 Å². The molecule has 0 fully saturated rings. The predicted molar refractivity (Wildman–Crippen MR) is 74.3 cm³/mol. The maximum Gasteiger partial charge on any atom is 0.314 e. The van der Waals surface area contributed by atoms with Gasteiger partial charge in [0.1, 0.15) is 0 Å². The molecule has 7 heteroatoms. The molecule has 0 spiro atoms. The van der Waals surface area contributed by atoms with E-state index in [-0.39, 0.29) is 10.6 Å². The minimum atomic E-state index is -0.906. The maximum absolute atomic E-state index is 13.6. The summed E-state index contributed by atoms with van der Waals surface area (Å²) in [6.07, 6.45) is 0. The molecule has 0 unspecified atom stereocenters. The van der Waals surface area contributed by atoms with Crippen LogP contribution in [0, 0.1) is 15.9 Å². The molecule has 2 aromatic carbocycles. The number of ketones is 1. The summed E-state index contributed by atoms with van der Waals surface area (Å²) in [5.41, 5.74) is -0.333. The van der Waals surface area contributed by atoms with Crippen LogP contribution >= 0.6 is 11.6 Å². The first-order chi connectivity index (χ1) is 10.0. The monoisotopic (exact) mass is 309 g/mol. The fourth-order valence-corrected chi connectivity index (χ4v) is 1.93. The molecular formula is C14H9ClFNO4. The number of halogens is 2. The van der Waals surface area contributed by atoms with Gasteiger partial charge >= 0.3 is 5.69 Å². The Kier molecular flexibility index (Phi) is 4.49. The van der Waals surface area contributed by atoms with E-state index in [0.717, 1.165) is 12.1 Å². The first-order valence-corrected chi connectivity index (χ1v) is 6.22. The van der Waals surface area contributed by atoms with E-state index < -0.39 is 34.6 Å². The molecule has 0 aliphatic carbocycles. The number of Topliss-reactive ketones (excluding diaryl/α,β-unsaturated/α-hetero) is 1. The van der Waals surface area contributed by atoms with E-state index in [1.54, 1.807) is 12.1 Å². The summed E-state index contributed by atoms with van der Waals surface area (Å²) in [6, 6.07) is 9.59. The number of carbonyl (C=O) groups is 1. The predicted octanol–water partition coefficient (Wildman–Crippen LogP) is 3.65. The lowest BCUT2D eigenvalue weighted by molar-refractivity contribution is -0.386. The SMILES string of the molecule is O=C(COc1c(F)cccc1[N+](=O)[O-])c1ccccc1Cl. The Morgan fingerprint density at radius 1 is 1.24 bits per heavy atom. The molecule has 0 aromatic heterocycles. The molecule has 0 N–H and O–H groups in total. The fourth-order valence-electron chi connectivity index (χ4n) is 1.69. The third-order valence-electron chi connectivity index (χ3n) is 2.66. The Hall–Kier alpha value is -2.47. The number of benzene rings is 2. The van der Waals surface area contributed by atoms with Crippen LogP contribution in [0.3, 0.4) is 0 Å². The van der Waals surface area contributed by atoms with Crippen molar-refractivity contribution in [2.24, 2.45) is 0 Å². The molecule has 0 heterocycles. The number of hydrogen-bond donors (Lipinski definition) is 0. The van der Waals surface area contributed by atoms with Crippen molar-refractivity contribution in [3.05, 3.63) is 69.0 Å². The van der Waals surface area contributed by atoms with Gasteiger partial charge in [0, 0.05) is 11.6 Å². The van der Waals surface area contributed by atoms with E-state index in [0.29, 0.717) is 0 Å². The van der Waals surface area contributed by atoms with Crippen molar-refractivity contribution in [3.8, 4) is 5.75 Å². The normalized spacial score (nSPS) is 10.2. The quantitative estimate of drug-likeness (QED) is 0.480. The second-order valence-electron chi connectivity index (χ2n) is 4.04. The zero-order valence-corrected chi connectivity index (χ0v) is 11.3. The smallest absolute Gasteiger partial charge is 0.314 e. The van der Waals surface area contributed by atoms with Crippen molar-refractivity contribution in [2.75, 3.05) is 6.61 Å². The van der Waals surface area contributed by atoms with E-state index >= 15 is 0 Å². The van der Waals surface area contributed by atoms with E-state index in [1.165, 1.54) is 18.2 Å². The van der Waals surface area contributed by atoms with Gasteiger partial charge in [-0.2, -0.15) is 0 Å². The van der Waals surface area contributed by atoms with Gasteiger partial charge in [-0.05, 0) is 18.2 Å². The van der Waals surface area contributed by atoms with Crippen molar-refractivity contribution in [3.63, 3.8) is 0 Å². The summed E-state index contributed by atoms with van der Waals surface area (Å²) >= 11 is 5.86. The Balaban J connectivity index is 2.19. The summed E-state index contributed by atoms with van der Waals surface area (Å²) < 4.78 is 18.6. The third kappa shape index (κ3) is 3.35. The van der Waals surface area contributed by atoms with Gasteiger partial charge < -0.3 is 4.74 Å². The molecule has 2 aromatic rings. The number of ether oxygens (including phenoxy) is 1. The average Bonchev–Trinajstić information content (AvgIpc) is 2.45. The second-order valence-corrected chi connectivity index (χ2v) is 4.44. The molecule has 108 valence electrons. The first-order valence-electron chi connectivity index (χ1n) is 5.84. The van der Waals surface area contributed by atoms with Gasteiger partial charge in [0.2, 0.25) is 11.5 Å². The van der Waals surface area contributed by atoms with Gasteiger partial charge in [0.05, 0.1) is 9.95 Å². The van der Waals surface area contributed by atoms with Crippen LogP contribution in [0.1, 0.15) is 10.4 Å². The molecule has 0 aliphatic rings. The highest BCUT2D eigenvalue weighted by atomic mass is 35.5. The van der Waals surface area contributed by atoms with Crippen molar-refractivity contribution in [1.82, 2.24) is 0 Å². The summed E-state index contributed by atoms with van der Waals surface area (Å²) in [5.74, 6) is -1.97. The second kappa shape index (κ2) is 6.32. The molecular weight excluding hydrogens is 301 g/mol. The minimum absolute atomic E-state index is 0.207. The van der Waals surface area contributed by atoms with Crippen LogP contribution in [0.5, 0.6) is 5.75 Å². The van der Waals surface area contributed by atoms with Crippen LogP contribution in [-0.2, 0) is 0 Å². The van der Waals surface area contributed by atoms with Gasteiger partial charge in [-0.3, -0.25) is 14.9 Å².